The first-order valence-electron chi connectivity index (χ1n) is 7.70. The molecular weight excluding hydrogens is 316 g/mol. The molecule has 2 aromatic rings. The molecule has 7 heteroatoms. The summed E-state index contributed by atoms with van der Waals surface area (Å²) in [6.45, 7) is 0.914. The summed E-state index contributed by atoms with van der Waals surface area (Å²) >= 11 is 0. The Morgan fingerprint density at radius 1 is 1.25 bits per heavy atom. The van der Waals surface area contributed by atoms with Gasteiger partial charge >= 0.3 is 6.55 Å². The molecule has 5 nitrogen and oxygen atoms in total. The van der Waals surface area contributed by atoms with Crippen LogP contribution in [-0.4, -0.2) is 27.3 Å². The van der Waals surface area contributed by atoms with Crippen LogP contribution < -0.4 is 5.32 Å². The highest BCUT2D eigenvalue weighted by atomic mass is 19.3. The Labute approximate surface area is 139 Å². The number of benzene rings is 1. The Kier molecular flexibility index (Phi) is 6.03. The van der Waals surface area contributed by atoms with Crippen LogP contribution in [0.5, 0.6) is 0 Å². The lowest BCUT2D eigenvalue weighted by Crippen LogP contribution is -2.27. The van der Waals surface area contributed by atoms with Crippen LogP contribution in [0.3, 0.4) is 0 Å². The van der Waals surface area contributed by atoms with E-state index in [9.17, 15) is 13.6 Å². The lowest BCUT2D eigenvalue weighted by molar-refractivity contribution is -0.120. The zero-order valence-electron chi connectivity index (χ0n) is 13.7. The topological polar surface area (TPSA) is 67.2 Å². The van der Waals surface area contributed by atoms with E-state index in [1.54, 1.807) is 6.92 Å². The summed E-state index contributed by atoms with van der Waals surface area (Å²) in [5, 5.41) is 15.5. The van der Waals surface area contributed by atoms with E-state index < -0.39 is 6.55 Å². The van der Waals surface area contributed by atoms with Gasteiger partial charge in [0.1, 0.15) is 0 Å². The summed E-state index contributed by atoms with van der Waals surface area (Å²) in [5.41, 5.74) is 3.19. The summed E-state index contributed by atoms with van der Waals surface area (Å²) in [5.74, 6) is -0.220. The number of carbonyl (C=O) groups excluding carboxylic acids is 1. The number of nitrogens with one attached hydrogen (secondary N) is 1. The molecule has 0 unspecified atom stereocenters. The number of aromatic nitrogens is 2. The highest BCUT2D eigenvalue weighted by molar-refractivity contribution is 5.79. The van der Waals surface area contributed by atoms with Gasteiger partial charge in [0.15, 0.2) is 0 Å². The van der Waals surface area contributed by atoms with E-state index in [0.717, 1.165) is 11.1 Å². The van der Waals surface area contributed by atoms with Crippen molar-refractivity contribution in [2.45, 2.75) is 39.8 Å². The highest BCUT2D eigenvalue weighted by Gasteiger charge is 2.18. The van der Waals surface area contributed by atoms with Gasteiger partial charge in [-0.3, -0.25) is 4.79 Å². The zero-order valence-corrected chi connectivity index (χ0v) is 13.7. The van der Waals surface area contributed by atoms with Gasteiger partial charge in [-0.25, -0.2) is 4.68 Å². The van der Waals surface area contributed by atoms with Crippen molar-refractivity contribution in [2.75, 3.05) is 6.54 Å². The van der Waals surface area contributed by atoms with Crippen molar-refractivity contribution in [1.82, 2.24) is 15.1 Å². The van der Waals surface area contributed by atoms with Crippen LogP contribution in [0.1, 0.15) is 34.6 Å². The summed E-state index contributed by atoms with van der Waals surface area (Å²) in [7, 11) is 0. The van der Waals surface area contributed by atoms with Gasteiger partial charge in [0.2, 0.25) is 5.91 Å². The third-order valence-electron chi connectivity index (χ3n) is 3.94. The van der Waals surface area contributed by atoms with Crippen molar-refractivity contribution in [3.05, 3.63) is 52.3 Å². The molecule has 2 rings (SSSR count). The number of aliphatic hydroxyl groups is 1. The lowest BCUT2D eigenvalue weighted by Gasteiger charge is -2.07. The maximum atomic E-state index is 12.8. The van der Waals surface area contributed by atoms with Crippen LogP contribution in [0.25, 0.3) is 0 Å². The molecule has 0 fully saturated rings. The molecule has 1 amide bonds. The largest absolute Gasteiger partial charge is 0.392 e. The Morgan fingerprint density at radius 2 is 1.88 bits per heavy atom. The number of carbonyl (C=O) groups is 1. The Balaban J connectivity index is 1.87. The van der Waals surface area contributed by atoms with Gasteiger partial charge < -0.3 is 10.4 Å². The van der Waals surface area contributed by atoms with Crippen molar-refractivity contribution in [3.63, 3.8) is 0 Å². The molecule has 0 bridgehead atoms. The molecule has 24 heavy (non-hydrogen) atoms. The first kappa shape index (κ1) is 18.1. The molecule has 0 spiro atoms. The number of hydrogen-bond acceptors (Lipinski definition) is 3. The standard InChI is InChI=1S/C17H21F2N3O2/c1-11-15(12(2)22(21-11)17(18)19)9-16(24)20-8-7-13-3-5-14(10-23)6-4-13/h3-6,17,23H,7-10H2,1-2H3,(H,20,24). The minimum absolute atomic E-state index is 0.00200. The van der Waals surface area contributed by atoms with E-state index in [2.05, 4.69) is 10.4 Å². The van der Waals surface area contributed by atoms with Crippen molar-refractivity contribution in [1.29, 1.82) is 0 Å². The van der Waals surface area contributed by atoms with E-state index in [4.69, 9.17) is 5.11 Å². The van der Waals surface area contributed by atoms with Crippen molar-refractivity contribution in [2.24, 2.45) is 0 Å². The van der Waals surface area contributed by atoms with Gasteiger partial charge in [-0.2, -0.15) is 13.9 Å². The minimum Gasteiger partial charge on any atom is -0.392 e. The van der Waals surface area contributed by atoms with Gasteiger partial charge in [0, 0.05) is 17.8 Å². The molecule has 0 saturated carbocycles. The van der Waals surface area contributed by atoms with Gasteiger partial charge in [0.25, 0.3) is 0 Å². The van der Waals surface area contributed by atoms with Crippen LogP contribution in [0.15, 0.2) is 24.3 Å². The summed E-state index contributed by atoms with van der Waals surface area (Å²) < 4.78 is 26.2. The monoisotopic (exact) mass is 337 g/mol. The molecule has 0 aliphatic rings. The molecule has 0 atom stereocenters. The number of nitrogens with zero attached hydrogens (tertiary/aromatic N) is 2. The van der Waals surface area contributed by atoms with Crippen molar-refractivity contribution >= 4 is 5.91 Å². The zero-order chi connectivity index (χ0) is 17.7. The van der Waals surface area contributed by atoms with Crippen LogP contribution in [0.4, 0.5) is 8.78 Å². The molecular formula is C17H21F2N3O2. The fraction of sp³-hybridized carbons (Fsp3) is 0.412. The Morgan fingerprint density at radius 3 is 2.42 bits per heavy atom. The number of hydrogen-bond donors (Lipinski definition) is 2. The van der Waals surface area contributed by atoms with Crippen molar-refractivity contribution < 1.29 is 18.7 Å². The molecule has 2 N–H and O–H groups in total. The van der Waals surface area contributed by atoms with Crippen LogP contribution in [0.2, 0.25) is 0 Å². The van der Waals surface area contributed by atoms with Crippen LogP contribution in [0, 0.1) is 13.8 Å². The van der Waals surface area contributed by atoms with Gasteiger partial charge in [-0.05, 0) is 31.4 Å². The van der Waals surface area contributed by atoms with E-state index in [1.807, 2.05) is 24.3 Å². The van der Waals surface area contributed by atoms with Crippen LogP contribution in [-0.2, 0) is 24.2 Å². The molecule has 0 radical (unpaired) electrons. The van der Waals surface area contributed by atoms with E-state index >= 15 is 0 Å². The summed E-state index contributed by atoms with van der Waals surface area (Å²) in [6, 6.07) is 7.47. The smallest absolute Gasteiger partial charge is 0.333 e. The van der Waals surface area contributed by atoms with Gasteiger partial charge in [-0.15, -0.1) is 0 Å². The molecule has 1 aromatic heterocycles. The second-order valence-electron chi connectivity index (χ2n) is 5.62. The maximum absolute atomic E-state index is 12.8. The van der Waals surface area contributed by atoms with E-state index in [-0.39, 0.29) is 18.9 Å². The predicted molar refractivity (Wildman–Crippen MR) is 85.7 cm³/mol. The Hall–Kier alpha value is -2.28. The average Bonchev–Trinajstić information content (AvgIpc) is 2.84. The third-order valence-corrected chi connectivity index (χ3v) is 3.94. The van der Waals surface area contributed by atoms with Gasteiger partial charge in [-0.1, -0.05) is 24.3 Å². The lowest BCUT2D eigenvalue weighted by atomic mass is 10.1. The predicted octanol–water partition coefficient (Wildman–Crippen LogP) is 2.29. The fourth-order valence-corrected chi connectivity index (χ4v) is 2.52. The minimum atomic E-state index is -2.71. The summed E-state index contributed by atoms with van der Waals surface area (Å²) in [6.07, 6.45) is 0.694. The fourth-order valence-electron chi connectivity index (χ4n) is 2.52. The van der Waals surface area contributed by atoms with E-state index in [1.165, 1.54) is 6.92 Å². The molecule has 0 saturated heterocycles. The average molecular weight is 337 g/mol. The Bertz CT molecular complexity index is 697. The van der Waals surface area contributed by atoms with Crippen LogP contribution >= 0.6 is 0 Å². The molecule has 0 aliphatic carbocycles. The van der Waals surface area contributed by atoms with Gasteiger partial charge in [0.05, 0.1) is 18.7 Å². The first-order chi connectivity index (χ1) is 11.4. The number of aryl methyl sites for hydroxylation is 1. The second kappa shape index (κ2) is 8.01. The third kappa shape index (κ3) is 4.38. The highest BCUT2D eigenvalue weighted by Crippen LogP contribution is 2.19. The number of aliphatic hydroxyl groups excluding tert-OH is 1. The number of amides is 1. The molecule has 130 valence electrons. The SMILES string of the molecule is Cc1nn(C(F)F)c(C)c1CC(=O)NCCc1ccc(CO)cc1. The first-order valence-corrected chi connectivity index (χ1v) is 7.70. The number of alkyl halides is 2. The van der Waals surface area contributed by atoms with Crippen molar-refractivity contribution in [3.8, 4) is 0 Å². The molecule has 1 aromatic carbocycles. The number of halogens is 2. The second-order valence-corrected chi connectivity index (χ2v) is 5.62. The quantitative estimate of drug-likeness (QED) is 0.815. The molecule has 0 aliphatic heterocycles. The molecule has 1 heterocycles. The van der Waals surface area contributed by atoms with E-state index in [0.29, 0.717) is 34.6 Å². The summed E-state index contributed by atoms with van der Waals surface area (Å²) in [4.78, 5) is 12.0. The number of rotatable bonds is 7. The normalized spacial score (nSPS) is 11.1. The maximum Gasteiger partial charge on any atom is 0.333 e.